The van der Waals surface area contributed by atoms with E-state index in [1.54, 1.807) is 0 Å². The van der Waals surface area contributed by atoms with E-state index < -0.39 is 24.5 Å². The molecule has 5 heteroatoms. The Labute approximate surface area is 118 Å². The maximum absolute atomic E-state index is 11.7. The molecule has 20 heavy (non-hydrogen) atoms. The van der Waals surface area contributed by atoms with Crippen molar-refractivity contribution in [2.45, 2.75) is 38.6 Å². The summed E-state index contributed by atoms with van der Waals surface area (Å²) in [6.45, 7) is 1.52. The molecule has 0 aromatic heterocycles. The molecule has 0 saturated heterocycles. The fourth-order valence-electron chi connectivity index (χ4n) is 1.82. The Bertz CT molecular complexity index is 442. The van der Waals surface area contributed by atoms with Gasteiger partial charge < -0.3 is 15.5 Å². The van der Waals surface area contributed by atoms with Crippen LogP contribution in [0.15, 0.2) is 24.3 Å². The van der Waals surface area contributed by atoms with E-state index in [1.165, 1.54) is 5.56 Å². The lowest BCUT2D eigenvalue weighted by molar-refractivity contribution is -0.142. The van der Waals surface area contributed by atoms with Crippen LogP contribution in [-0.4, -0.2) is 34.7 Å². The third-order valence-electron chi connectivity index (χ3n) is 3.02. The maximum atomic E-state index is 11.7. The van der Waals surface area contributed by atoms with Gasteiger partial charge in [-0.1, -0.05) is 37.6 Å². The molecule has 0 heterocycles. The Kier molecular flexibility index (Phi) is 6.73. The predicted molar refractivity (Wildman–Crippen MR) is 75.4 cm³/mol. The predicted octanol–water partition coefficient (Wildman–Crippen LogP) is 1.13. The molecule has 1 aromatic rings. The van der Waals surface area contributed by atoms with Gasteiger partial charge in [-0.25, -0.2) is 4.79 Å². The van der Waals surface area contributed by atoms with E-state index in [0.717, 1.165) is 24.8 Å². The van der Waals surface area contributed by atoms with Crippen LogP contribution in [0.3, 0.4) is 0 Å². The number of aryl methyl sites for hydroxylation is 1. The van der Waals surface area contributed by atoms with E-state index in [2.05, 4.69) is 12.2 Å². The summed E-state index contributed by atoms with van der Waals surface area (Å²) in [7, 11) is 0. The monoisotopic (exact) mass is 279 g/mol. The second-order valence-electron chi connectivity index (χ2n) is 4.74. The fraction of sp³-hybridized carbons (Fsp3) is 0.467. The summed E-state index contributed by atoms with van der Waals surface area (Å²) in [5, 5.41) is 19.8. The topological polar surface area (TPSA) is 86.6 Å². The quantitative estimate of drug-likeness (QED) is 0.666. The zero-order valence-corrected chi connectivity index (χ0v) is 11.6. The third kappa shape index (κ3) is 5.40. The molecule has 5 nitrogen and oxygen atoms in total. The van der Waals surface area contributed by atoms with E-state index in [9.17, 15) is 9.59 Å². The van der Waals surface area contributed by atoms with Crippen LogP contribution in [0.2, 0.25) is 0 Å². The van der Waals surface area contributed by atoms with Gasteiger partial charge in [0.05, 0.1) is 13.0 Å². The zero-order valence-electron chi connectivity index (χ0n) is 11.6. The molecule has 0 spiro atoms. The minimum atomic E-state index is -1.24. The lowest BCUT2D eigenvalue weighted by Gasteiger charge is -2.11. The molecule has 0 saturated carbocycles. The van der Waals surface area contributed by atoms with Crippen molar-refractivity contribution in [3.63, 3.8) is 0 Å². The van der Waals surface area contributed by atoms with Crippen LogP contribution >= 0.6 is 0 Å². The van der Waals surface area contributed by atoms with Crippen LogP contribution < -0.4 is 5.32 Å². The molecule has 0 bridgehead atoms. The van der Waals surface area contributed by atoms with Crippen molar-refractivity contribution in [1.82, 2.24) is 5.32 Å². The van der Waals surface area contributed by atoms with Gasteiger partial charge in [0.2, 0.25) is 5.91 Å². The Hall–Kier alpha value is -1.88. The number of carbonyl (C=O) groups excluding carboxylic acids is 1. The average molecular weight is 279 g/mol. The first kappa shape index (κ1) is 16.2. The molecule has 3 N–H and O–H groups in total. The van der Waals surface area contributed by atoms with Crippen LogP contribution in [0.25, 0.3) is 0 Å². The number of carbonyl (C=O) groups is 2. The lowest BCUT2D eigenvalue weighted by Crippen LogP contribution is -2.43. The molecule has 110 valence electrons. The van der Waals surface area contributed by atoms with Crippen LogP contribution in [0.4, 0.5) is 0 Å². The molecule has 0 fully saturated rings. The molecule has 0 aliphatic heterocycles. The van der Waals surface area contributed by atoms with Gasteiger partial charge in [-0.05, 0) is 24.0 Å². The highest BCUT2D eigenvalue weighted by Gasteiger charge is 2.18. The summed E-state index contributed by atoms with van der Waals surface area (Å²) >= 11 is 0. The number of carboxylic acid groups (broad SMARTS) is 1. The average Bonchev–Trinajstić information content (AvgIpc) is 2.43. The van der Waals surface area contributed by atoms with Crippen molar-refractivity contribution in [2.24, 2.45) is 0 Å². The highest BCUT2D eigenvalue weighted by Crippen LogP contribution is 2.08. The molecule has 0 aliphatic rings. The van der Waals surface area contributed by atoms with Gasteiger partial charge in [0.25, 0.3) is 0 Å². The first-order chi connectivity index (χ1) is 9.56. The summed E-state index contributed by atoms with van der Waals surface area (Å²) in [6, 6.07) is 6.47. The van der Waals surface area contributed by atoms with Gasteiger partial charge in [0, 0.05) is 0 Å². The zero-order chi connectivity index (χ0) is 15.0. The lowest BCUT2D eigenvalue weighted by atomic mass is 10.0. The minimum absolute atomic E-state index is 0.109. The number of aliphatic hydroxyl groups is 1. The Morgan fingerprint density at radius 2 is 1.80 bits per heavy atom. The van der Waals surface area contributed by atoms with E-state index in [4.69, 9.17) is 10.2 Å². The fourth-order valence-corrected chi connectivity index (χ4v) is 1.82. The smallest absolute Gasteiger partial charge is 0.328 e. The molecule has 0 aliphatic carbocycles. The number of hydrogen-bond donors (Lipinski definition) is 3. The molecule has 1 atom stereocenters. The first-order valence-electron chi connectivity index (χ1n) is 6.77. The number of amides is 1. The van der Waals surface area contributed by atoms with Crippen molar-refractivity contribution in [3.8, 4) is 0 Å². The van der Waals surface area contributed by atoms with Gasteiger partial charge in [0.15, 0.2) is 0 Å². The van der Waals surface area contributed by atoms with E-state index in [-0.39, 0.29) is 6.42 Å². The Morgan fingerprint density at radius 3 is 2.30 bits per heavy atom. The highest BCUT2D eigenvalue weighted by atomic mass is 16.4. The van der Waals surface area contributed by atoms with Crippen LogP contribution in [0, 0.1) is 0 Å². The number of benzene rings is 1. The molecule has 1 amide bonds. The number of aliphatic hydroxyl groups excluding tert-OH is 1. The summed E-state index contributed by atoms with van der Waals surface area (Å²) in [5.74, 6) is -1.65. The summed E-state index contributed by atoms with van der Waals surface area (Å²) in [6.07, 6.45) is 3.41. The molecule has 1 aromatic carbocycles. The van der Waals surface area contributed by atoms with Crippen molar-refractivity contribution >= 4 is 11.9 Å². The number of carboxylic acids is 1. The SMILES string of the molecule is CCCCc1ccc(CC(=O)NC(CO)C(=O)O)cc1. The number of nitrogens with one attached hydrogen (secondary N) is 1. The van der Waals surface area contributed by atoms with Crippen molar-refractivity contribution < 1.29 is 19.8 Å². The van der Waals surface area contributed by atoms with Gasteiger partial charge in [-0.2, -0.15) is 0 Å². The maximum Gasteiger partial charge on any atom is 0.328 e. The Balaban J connectivity index is 2.51. The van der Waals surface area contributed by atoms with Gasteiger partial charge >= 0.3 is 5.97 Å². The summed E-state index contributed by atoms with van der Waals surface area (Å²) < 4.78 is 0. The van der Waals surface area contributed by atoms with Crippen LogP contribution in [0.1, 0.15) is 30.9 Å². The standard InChI is InChI=1S/C15H21NO4/c1-2-3-4-11-5-7-12(8-6-11)9-14(18)16-13(10-17)15(19)20/h5-8,13,17H,2-4,9-10H2,1H3,(H,16,18)(H,19,20). The van der Waals surface area contributed by atoms with Crippen molar-refractivity contribution in [2.75, 3.05) is 6.61 Å². The van der Waals surface area contributed by atoms with Crippen molar-refractivity contribution in [1.29, 1.82) is 0 Å². The largest absolute Gasteiger partial charge is 0.480 e. The highest BCUT2D eigenvalue weighted by molar-refractivity contribution is 5.84. The number of unbranched alkanes of at least 4 members (excludes halogenated alkanes) is 1. The van der Waals surface area contributed by atoms with Gasteiger partial charge in [0.1, 0.15) is 6.04 Å². The molecule has 1 rings (SSSR count). The molecule has 1 unspecified atom stereocenters. The van der Waals surface area contributed by atoms with E-state index in [0.29, 0.717) is 0 Å². The van der Waals surface area contributed by atoms with Crippen LogP contribution in [0.5, 0.6) is 0 Å². The second-order valence-corrected chi connectivity index (χ2v) is 4.74. The molecule has 0 radical (unpaired) electrons. The summed E-state index contributed by atoms with van der Waals surface area (Å²) in [5.41, 5.74) is 2.06. The second kappa shape index (κ2) is 8.32. The van der Waals surface area contributed by atoms with E-state index in [1.807, 2.05) is 24.3 Å². The number of rotatable bonds is 8. The Morgan fingerprint density at radius 1 is 1.20 bits per heavy atom. The minimum Gasteiger partial charge on any atom is -0.480 e. The normalized spacial score (nSPS) is 11.9. The number of aliphatic carboxylic acids is 1. The summed E-state index contributed by atoms with van der Waals surface area (Å²) in [4.78, 5) is 22.3. The van der Waals surface area contributed by atoms with Gasteiger partial charge in [-0.3, -0.25) is 4.79 Å². The molecular formula is C15H21NO4. The first-order valence-corrected chi connectivity index (χ1v) is 6.77. The van der Waals surface area contributed by atoms with Gasteiger partial charge in [-0.15, -0.1) is 0 Å². The third-order valence-corrected chi connectivity index (χ3v) is 3.02. The van der Waals surface area contributed by atoms with Crippen molar-refractivity contribution in [3.05, 3.63) is 35.4 Å². The number of hydrogen-bond acceptors (Lipinski definition) is 3. The van der Waals surface area contributed by atoms with Crippen LogP contribution in [-0.2, 0) is 22.4 Å². The molecular weight excluding hydrogens is 258 g/mol. The van der Waals surface area contributed by atoms with E-state index >= 15 is 0 Å².